The third-order valence-corrected chi connectivity index (χ3v) is 5.18. The van der Waals surface area contributed by atoms with Gasteiger partial charge in [-0.05, 0) is 44.2 Å². The van der Waals surface area contributed by atoms with Crippen molar-refractivity contribution in [1.82, 2.24) is 4.90 Å². The third kappa shape index (κ3) is 3.66. The standard InChI is InChI=1S/C21H17N3O4S/c1-3-27-20(26)14-6-4-13(5-7-14)17-9-8-15(28-17)10-16-18(22)24-11-12(2)29-21(24)23-19(16)25/h4-11,22H,3H2,1-2H3. The summed E-state index contributed by atoms with van der Waals surface area (Å²) in [6.07, 6.45) is 3.30. The van der Waals surface area contributed by atoms with E-state index in [1.54, 1.807) is 54.4 Å². The van der Waals surface area contributed by atoms with Crippen LogP contribution in [0.2, 0.25) is 0 Å². The maximum atomic E-state index is 12.3. The molecule has 0 aliphatic carbocycles. The molecule has 1 aromatic carbocycles. The first kappa shape index (κ1) is 18.9. The molecule has 4 rings (SSSR count). The molecule has 29 heavy (non-hydrogen) atoms. The van der Waals surface area contributed by atoms with E-state index >= 15 is 0 Å². The first-order chi connectivity index (χ1) is 14.0. The number of esters is 1. The molecule has 0 unspecified atom stereocenters. The molecule has 0 bridgehead atoms. The van der Waals surface area contributed by atoms with E-state index in [-0.39, 0.29) is 17.4 Å². The molecule has 0 saturated carbocycles. The maximum absolute atomic E-state index is 12.3. The molecule has 146 valence electrons. The molecule has 0 atom stereocenters. The Morgan fingerprint density at radius 3 is 2.76 bits per heavy atom. The number of aliphatic imine (C=N–C) groups is 1. The van der Waals surface area contributed by atoms with Gasteiger partial charge in [0.2, 0.25) is 0 Å². The molecule has 7 nitrogen and oxygen atoms in total. The van der Waals surface area contributed by atoms with E-state index in [9.17, 15) is 9.59 Å². The SMILES string of the molecule is CCOC(=O)c1ccc(-c2ccc(C=C3C(=N)N4C=C(C)SC4=NC3=O)o2)cc1. The Kier molecular flexibility index (Phi) is 4.94. The number of thioether (sulfide) groups is 1. The van der Waals surface area contributed by atoms with Crippen molar-refractivity contribution in [2.24, 2.45) is 4.99 Å². The number of hydrogen-bond donors (Lipinski definition) is 1. The molecule has 0 saturated heterocycles. The van der Waals surface area contributed by atoms with Gasteiger partial charge in [0.05, 0.1) is 17.7 Å². The van der Waals surface area contributed by atoms with Gasteiger partial charge in [0, 0.05) is 16.7 Å². The highest BCUT2D eigenvalue weighted by Gasteiger charge is 2.33. The number of nitrogens with one attached hydrogen (secondary N) is 1. The van der Waals surface area contributed by atoms with Crippen molar-refractivity contribution < 1.29 is 18.7 Å². The molecule has 2 aliphatic rings. The second kappa shape index (κ2) is 7.56. The van der Waals surface area contributed by atoms with Gasteiger partial charge in [-0.3, -0.25) is 15.1 Å². The van der Waals surface area contributed by atoms with Crippen LogP contribution < -0.4 is 0 Å². The quantitative estimate of drug-likeness (QED) is 0.600. The predicted octanol–water partition coefficient (Wildman–Crippen LogP) is 4.29. The summed E-state index contributed by atoms with van der Waals surface area (Å²) in [5, 5.41) is 8.82. The van der Waals surface area contributed by atoms with Crippen LogP contribution in [0.15, 0.2) is 62.5 Å². The fourth-order valence-electron chi connectivity index (χ4n) is 2.91. The number of fused-ring (bicyclic) bond motifs is 1. The molecular formula is C21H17N3O4S. The van der Waals surface area contributed by atoms with Gasteiger partial charge in [0.15, 0.2) is 5.17 Å². The number of rotatable bonds is 4. The van der Waals surface area contributed by atoms with Gasteiger partial charge in [-0.1, -0.05) is 23.9 Å². The summed E-state index contributed by atoms with van der Waals surface area (Å²) >= 11 is 1.36. The number of benzene rings is 1. The number of allylic oxidation sites excluding steroid dienone is 1. The molecule has 1 N–H and O–H groups in total. The predicted molar refractivity (Wildman–Crippen MR) is 111 cm³/mol. The lowest BCUT2D eigenvalue weighted by Gasteiger charge is -2.21. The maximum Gasteiger partial charge on any atom is 0.338 e. The number of carbonyl (C=O) groups excluding carboxylic acids is 2. The molecule has 0 fully saturated rings. The highest BCUT2D eigenvalue weighted by Crippen LogP contribution is 2.33. The van der Waals surface area contributed by atoms with Crippen LogP contribution in [0, 0.1) is 5.41 Å². The van der Waals surface area contributed by atoms with Crippen molar-refractivity contribution in [1.29, 1.82) is 5.41 Å². The van der Waals surface area contributed by atoms with Crippen LogP contribution in [0.4, 0.5) is 0 Å². The normalized spacial score (nSPS) is 17.3. The van der Waals surface area contributed by atoms with Crippen molar-refractivity contribution in [3.05, 3.63) is 64.4 Å². The summed E-state index contributed by atoms with van der Waals surface area (Å²) < 4.78 is 10.8. The van der Waals surface area contributed by atoms with Gasteiger partial charge in [-0.25, -0.2) is 4.79 Å². The Morgan fingerprint density at radius 1 is 1.28 bits per heavy atom. The number of ether oxygens (including phenoxy) is 1. The highest BCUT2D eigenvalue weighted by atomic mass is 32.2. The van der Waals surface area contributed by atoms with Crippen LogP contribution in [0.1, 0.15) is 30.0 Å². The second-order valence-corrected chi connectivity index (χ2v) is 7.53. The monoisotopic (exact) mass is 407 g/mol. The second-order valence-electron chi connectivity index (χ2n) is 6.32. The van der Waals surface area contributed by atoms with Crippen molar-refractivity contribution in [2.75, 3.05) is 6.61 Å². The molecule has 1 aromatic heterocycles. The van der Waals surface area contributed by atoms with Crippen molar-refractivity contribution >= 4 is 40.7 Å². The van der Waals surface area contributed by atoms with E-state index < -0.39 is 5.91 Å². The molecule has 0 spiro atoms. The van der Waals surface area contributed by atoms with Crippen LogP contribution in [-0.2, 0) is 9.53 Å². The number of furan rings is 1. The van der Waals surface area contributed by atoms with Crippen LogP contribution in [0.25, 0.3) is 17.4 Å². The average Bonchev–Trinajstić information content (AvgIpc) is 3.32. The summed E-state index contributed by atoms with van der Waals surface area (Å²) in [7, 11) is 0. The lowest BCUT2D eigenvalue weighted by molar-refractivity contribution is -0.114. The lowest BCUT2D eigenvalue weighted by atomic mass is 10.1. The Bertz CT molecular complexity index is 1110. The van der Waals surface area contributed by atoms with Crippen LogP contribution in [0.3, 0.4) is 0 Å². The summed E-state index contributed by atoms with van der Waals surface area (Å²) in [5.74, 6) is 0.254. The van der Waals surface area contributed by atoms with E-state index in [1.165, 1.54) is 17.8 Å². The third-order valence-electron chi connectivity index (χ3n) is 4.29. The summed E-state index contributed by atoms with van der Waals surface area (Å²) in [5.41, 5.74) is 1.41. The zero-order valence-electron chi connectivity index (χ0n) is 15.8. The minimum Gasteiger partial charge on any atom is -0.462 e. The first-order valence-electron chi connectivity index (χ1n) is 8.93. The van der Waals surface area contributed by atoms with E-state index in [0.717, 1.165) is 10.5 Å². The largest absolute Gasteiger partial charge is 0.462 e. The van der Waals surface area contributed by atoms with Gasteiger partial charge in [0.25, 0.3) is 5.91 Å². The topological polar surface area (TPSA) is 96.0 Å². The first-order valence-corrected chi connectivity index (χ1v) is 9.74. The Balaban J connectivity index is 1.57. The minimum atomic E-state index is -0.464. The number of hydrogen-bond acceptors (Lipinski definition) is 6. The Hall–Kier alpha value is -3.39. The van der Waals surface area contributed by atoms with Crippen LogP contribution in [-0.4, -0.2) is 34.4 Å². The van der Waals surface area contributed by atoms with E-state index in [0.29, 0.717) is 28.9 Å². The number of nitrogens with zero attached hydrogens (tertiary/aromatic N) is 2. The zero-order chi connectivity index (χ0) is 20.5. The highest BCUT2D eigenvalue weighted by molar-refractivity contribution is 8.17. The van der Waals surface area contributed by atoms with Gasteiger partial charge >= 0.3 is 5.97 Å². The average molecular weight is 407 g/mol. The fraction of sp³-hybridized carbons (Fsp3) is 0.143. The molecular weight excluding hydrogens is 390 g/mol. The summed E-state index contributed by atoms with van der Waals surface area (Å²) in [4.78, 5) is 30.7. The summed E-state index contributed by atoms with van der Waals surface area (Å²) in [6.45, 7) is 3.98. The number of carbonyl (C=O) groups is 2. The minimum absolute atomic E-state index is 0.0705. The van der Waals surface area contributed by atoms with Gasteiger partial charge in [-0.15, -0.1) is 0 Å². The van der Waals surface area contributed by atoms with Crippen LogP contribution >= 0.6 is 11.8 Å². The fourth-order valence-corrected chi connectivity index (χ4v) is 3.73. The molecule has 3 heterocycles. The van der Waals surface area contributed by atoms with Gasteiger partial charge in [0.1, 0.15) is 17.4 Å². The van der Waals surface area contributed by atoms with Crippen molar-refractivity contribution in [2.45, 2.75) is 13.8 Å². The molecule has 0 radical (unpaired) electrons. The molecule has 8 heteroatoms. The lowest BCUT2D eigenvalue weighted by Crippen LogP contribution is -2.35. The molecule has 1 amide bonds. The van der Waals surface area contributed by atoms with Crippen molar-refractivity contribution in [3.8, 4) is 11.3 Å². The molecule has 2 aliphatic heterocycles. The molecule has 2 aromatic rings. The van der Waals surface area contributed by atoms with Gasteiger partial charge in [-0.2, -0.15) is 4.99 Å². The van der Waals surface area contributed by atoms with E-state index in [1.807, 2.05) is 6.92 Å². The number of amidine groups is 2. The van der Waals surface area contributed by atoms with E-state index in [4.69, 9.17) is 14.6 Å². The van der Waals surface area contributed by atoms with Crippen molar-refractivity contribution in [3.63, 3.8) is 0 Å². The van der Waals surface area contributed by atoms with E-state index in [2.05, 4.69) is 4.99 Å². The smallest absolute Gasteiger partial charge is 0.338 e. The van der Waals surface area contributed by atoms with Gasteiger partial charge < -0.3 is 9.15 Å². The zero-order valence-corrected chi connectivity index (χ0v) is 16.6. The Morgan fingerprint density at radius 2 is 2.03 bits per heavy atom. The number of amides is 1. The van der Waals surface area contributed by atoms with Crippen LogP contribution in [0.5, 0.6) is 0 Å². The Labute approximate surface area is 171 Å². The summed E-state index contributed by atoms with van der Waals surface area (Å²) in [6, 6.07) is 10.4.